The number of hydrogen-bond donors (Lipinski definition) is 1. The summed E-state index contributed by atoms with van der Waals surface area (Å²) in [7, 11) is 0. The summed E-state index contributed by atoms with van der Waals surface area (Å²) in [5, 5.41) is 9.71. The van der Waals surface area contributed by atoms with Crippen molar-refractivity contribution in [2.24, 2.45) is 0 Å². The number of rotatable bonds is 1. The largest absolute Gasteiger partial charge is 0.507 e. The Kier molecular flexibility index (Phi) is 2.56. The summed E-state index contributed by atoms with van der Waals surface area (Å²) in [6, 6.07) is 4.23. The number of allylic oxidation sites excluding steroid dienone is 1. The van der Waals surface area contributed by atoms with Crippen LogP contribution in [0.2, 0.25) is 0 Å². The molecule has 0 amide bonds. The van der Waals surface area contributed by atoms with Crippen molar-refractivity contribution in [1.29, 1.82) is 0 Å². The monoisotopic (exact) mass is 202 g/mol. The van der Waals surface area contributed by atoms with Crippen molar-refractivity contribution < 1.29 is 5.11 Å². The van der Waals surface area contributed by atoms with E-state index in [1.165, 1.54) is 17.6 Å². The van der Waals surface area contributed by atoms with Gasteiger partial charge in [0, 0.05) is 0 Å². The van der Waals surface area contributed by atoms with Crippen LogP contribution in [0.1, 0.15) is 41.9 Å². The molecule has 1 aromatic carbocycles. The third-order valence-corrected chi connectivity index (χ3v) is 3.37. The van der Waals surface area contributed by atoms with E-state index < -0.39 is 0 Å². The van der Waals surface area contributed by atoms with Gasteiger partial charge in [-0.05, 0) is 55.7 Å². The second kappa shape index (κ2) is 3.73. The second-order valence-electron chi connectivity index (χ2n) is 4.69. The first-order chi connectivity index (χ1) is 7.08. The molecule has 1 atom stereocenters. The van der Waals surface area contributed by atoms with Crippen LogP contribution >= 0.6 is 0 Å². The van der Waals surface area contributed by atoms with Crippen LogP contribution < -0.4 is 0 Å². The Hall–Kier alpha value is -1.24. The topological polar surface area (TPSA) is 20.2 Å². The molecule has 1 fully saturated rings. The molecule has 1 saturated carbocycles. The maximum atomic E-state index is 9.71. The zero-order chi connectivity index (χ0) is 11.0. The lowest BCUT2D eigenvalue weighted by atomic mass is 9.93. The Bertz CT molecular complexity index is 381. The summed E-state index contributed by atoms with van der Waals surface area (Å²) in [6.07, 6.45) is 3.48. The molecule has 1 unspecified atom stereocenters. The first-order valence-electron chi connectivity index (χ1n) is 5.54. The summed E-state index contributed by atoms with van der Waals surface area (Å²) < 4.78 is 0. The molecule has 1 N–H and O–H groups in total. The van der Waals surface area contributed by atoms with Gasteiger partial charge in [0.15, 0.2) is 0 Å². The molecular weight excluding hydrogens is 184 g/mol. The molecule has 80 valence electrons. The van der Waals surface area contributed by atoms with Crippen LogP contribution in [-0.2, 0) is 0 Å². The first kappa shape index (κ1) is 10.3. The van der Waals surface area contributed by atoms with Gasteiger partial charge in [0.25, 0.3) is 0 Å². The highest BCUT2D eigenvalue weighted by molar-refractivity contribution is 5.43. The van der Waals surface area contributed by atoms with Crippen LogP contribution in [0.3, 0.4) is 0 Å². The van der Waals surface area contributed by atoms with Crippen LogP contribution in [0.4, 0.5) is 0 Å². The smallest absolute Gasteiger partial charge is 0.121 e. The molecule has 1 heteroatoms. The molecule has 15 heavy (non-hydrogen) atoms. The van der Waals surface area contributed by atoms with Crippen LogP contribution in [0.25, 0.3) is 0 Å². The number of phenols is 1. The highest BCUT2D eigenvalue weighted by atomic mass is 16.3. The Morgan fingerprint density at radius 2 is 1.87 bits per heavy atom. The van der Waals surface area contributed by atoms with Gasteiger partial charge in [0.1, 0.15) is 5.75 Å². The van der Waals surface area contributed by atoms with E-state index >= 15 is 0 Å². The van der Waals surface area contributed by atoms with E-state index in [9.17, 15) is 5.11 Å². The Morgan fingerprint density at radius 1 is 1.27 bits per heavy atom. The molecule has 1 aliphatic rings. The summed E-state index contributed by atoms with van der Waals surface area (Å²) in [5.74, 6) is 1.06. The number of aromatic hydroxyl groups is 1. The zero-order valence-corrected chi connectivity index (χ0v) is 9.51. The minimum atomic E-state index is 0.440. The van der Waals surface area contributed by atoms with Gasteiger partial charge < -0.3 is 5.11 Å². The third-order valence-electron chi connectivity index (χ3n) is 3.37. The van der Waals surface area contributed by atoms with Gasteiger partial charge in [0.05, 0.1) is 0 Å². The van der Waals surface area contributed by atoms with Crippen molar-refractivity contribution in [3.8, 4) is 5.75 Å². The molecule has 1 aliphatic carbocycles. The Morgan fingerprint density at radius 3 is 2.33 bits per heavy atom. The van der Waals surface area contributed by atoms with E-state index in [2.05, 4.69) is 18.7 Å². The number of phenolic OH excluding ortho intramolecular Hbond substituents is 1. The van der Waals surface area contributed by atoms with Crippen LogP contribution in [0, 0.1) is 13.8 Å². The van der Waals surface area contributed by atoms with Crippen molar-refractivity contribution in [2.75, 3.05) is 0 Å². The fourth-order valence-corrected chi connectivity index (χ4v) is 2.44. The number of hydrogen-bond acceptors (Lipinski definition) is 1. The van der Waals surface area contributed by atoms with Gasteiger partial charge in [-0.1, -0.05) is 24.3 Å². The van der Waals surface area contributed by atoms with Gasteiger partial charge in [-0.3, -0.25) is 0 Å². The quantitative estimate of drug-likeness (QED) is 0.686. The number of aryl methyl sites for hydroxylation is 2. The average Bonchev–Trinajstić information content (AvgIpc) is 2.60. The standard InChI is InChI=1S/C14H18O/c1-9-4-5-12(6-9)13-7-10(2)14(15)11(3)8-13/h7-8,12,15H,1,4-6H2,2-3H3. The van der Waals surface area contributed by atoms with Crippen molar-refractivity contribution in [3.05, 3.63) is 41.0 Å². The molecule has 0 saturated heterocycles. The molecule has 2 rings (SSSR count). The molecule has 0 aromatic heterocycles. The molecule has 0 heterocycles. The fourth-order valence-electron chi connectivity index (χ4n) is 2.44. The second-order valence-corrected chi connectivity index (χ2v) is 4.69. The Labute approximate surface area is 91.4 Å². The van der Waals surface area contributed by atoms with Crippen molar-refractivity contribution >= 4 is 0 Å². The van der Waals surface area contributed by atoms with Gasteiger partial charge in [-0.25, -0.2) is 0 Å². The van der Waals surface area contributed by atoms with E-state index in [1.807, 2.05) is 13.8 Å². The van der Waals surface area contributed by atoms with Crippen molar-refractivity contribution in [1.82, 2.24) is 0 Å². The zero-order valence-electron chi connectivity index (χ0n) is 9.51. The van der Waals surface area contributed by atoms with Crippen LogP contribution in [0.5, 0.6) is 5.75 Å². The minimum absolute atomic E-state index is 0.440. The van der Waals surface area contributed by atoms with Gasteiger partial charge in [0.2, 0.25) is 0 Å². The van der Waals surface area contributed by atoms with Crippen LogP contribution in [-0.4, -0.2) is 5.11 Å². The normalized spacial score (nSPS) is 20.9. The lowest BCUT2D eigenvalue weighted by Crippen LogP contribution is -1.94. The molecule has 0 bridgehead atoms. The van der Waals surface area contributed by atoms with Gasteiger partial charge in [-0.15, -0.1) is 0 Å². The summed E-state index contributed by atoms with van der Waals surface area (Å²) in [5.41, 5.74) is 4.70. The molecule has 0 radical (unpaired) electrons. The van der Waals surface area contributed by atoms with E-state index in [-0.39, 0.29) is 0 Å². The highest BCUT2D eigenvalue weighted by Crippen LogP contribution is 2.38. The first-order valence-corrected chi connectivity index (χ1v) is 5.54. The lowest BCUT2D eigenvalue weighted by molar-refractivity contribution is 0.466. The predicted molar refractivity (Wildman–Crippen MR) is 63.3 cm³/mol. The van der Waals surface area contributed by atoms with Gasteiger partial charge >= 0.3 is 0 Å². The van der Waals surface area contributed by atoms with Crippen molar-refractivity contribution in [2.45, 2.75) is 39.0 Å². The highest BCUT2D eigenvalue weighted by Gasteiger charge is 2.20. The molecule has 0 spiro atoms. The van der Waals surface area contributed by atoms with Crippen molar-refractivity contribution in [3.63, 3.8) is 0 Å². The van der Waals surface area contributed by atoms with Crippen LogP contribution in [0.15, 0.2) is 24.3 Å². The number of benzene rings is 1. The lowest BCUT2D eigenvalue weighted by Gasteiger charge is -2.13. The molecule has 1 nitrogen and oxygen atoms in total. The SMILES string of the molecule is C=C1CCC(c2cc(C)c(O)c(C)c2)C1. The minimum Gasteiger partial charge on any atom is -0.507 e. The Balaban J connectivity index is 2.33. The van der Waals surface area contributed by atoms with E-state index in [0.29, 0.717) is 11.7 Å². The van der Waals surface area contributed by atoms with E-state index in [0.717, 1.165) is 24.0 Å². The fraction of sp³-hybridized carbons (Fsp3) is 0.429. The summed E-state index contributed by atoms with van der Waals surface area (Å²) in [6.45, 7) is 7.98. The maximum Gasteiger partial charge on any atom is 0.121 e. The summed E-state index contributed by atoms with van der Waals surface area (Å²) in [4.78, 5) is 0. The third kappa shape index (κ3) is 1.92. The molecule has 1 aromatic rings. The van der Waals surface area contributed by atoms with Gasteiger partial charge in [-0.2, -0.15) is 0 Å². The van der Waals surface area contributed by atoms with E-state index in [4.69, 9.17) is 0 Å². The maximum absolute atomic E-state index is 9.71. The average molecular weight is 202 g/mol. The molecular formula is C14H18O. The van der Waals surface area contributed by atoms with E-state index in [1.54, 1.807) is 0 Å². The summed E-state index contributed by atoms with van der Waals surface area (Å²) >= 11 is 0. The molecule has 0 aliphatic heterocycles. The predicted octanol–water partition coefficient (Wildman–Crippen LogP) is 3.83.